The molecule has 1 heterocycles. The predicted octanol–water partition coefficient (Wildman–Crippen LogP) is 3.76. The normalized spacial score (nSPS) is 26.8. The van der Waals surface area contributed by atoms with Crippen LogP contribution in [-0.4, -0.2) is 27.8 Å². The van der Waals surface area contributed by atoms with Crippen molar-refractivity contribution in [1.82, 2.24) is 10.4 Å². The number of aryl methyl sites for hydroxylation is 1. The van der Waals surface area contributed by atoms with Crippen molar-refractivity contribution in [2.24, 2.45) is 23.7 Å². The lowest BCUT2D eigenvalue weighted by atomic mass is 9.78. The first kappa shape index (κ1) is 22.6. The minimum Gasteiger partial charge on any atom is -0.507 e. The highest BCUT2D eigenvalue weighted by Crippen LogP contribution is 2.52. The number of allylic oxidation sites excluding steroid dienone is 2. The molecule has 6 nitrogen and oxygen atoms in total. The molecule has 6 heteroatoms. The lowest BCUT2D eigenvalue weighted by molar-refractivity contribution is -0.149. The number of nitrogens with one attached hydrogen (secondary N) is 1. The number of hydrogen-bond acceptors (Lipinski definition) is 4. The number of carbonyl (C=O) groups is 3. The van der Waals surface area contributed by atoms with Gasteiger partial charge in [-0.25, -0.2) is 0 Å². The molecule has 32 heavy (non-hydrogen) atoms. The van der Waals surface area contributed by atoms with Crippen molar-refractivity contribution in [2.75, 3.05) is 0 Å². The van der Waals surface area contributed by atoms with E-state index in [1.54, 1.807) is 0 Å². The molecule has 0 aromatic heterocycles. The molecular formula is C26H34N2O4. The predicted molar refractivity (Wildman–Crippen MR) is 122 cm³/mol. The lowest BCUT2D eigenvalue weighted by Crippen LogP contribution is -2.47. The van der Waals surface area contributed by atoms with Gasteiger partial charge >= 0.3 is 0 Å². The average molecular weight is 439 g/mol. The number of phenolic OH excluding ortho intramolecular Hbond substituents is 1. The Morgan fingerprint density at radius 2 is 1.44 bits per heavy atom. The summed E-state index contributed by atoms with van der Waals surface area (Å²) in [5.41, 5.74) is 4.72. The Hall–Kier alpha value is -2.63. The zero-order valence-corrected chi connectivity index (χ0v) is 19.9. The van der Waals surface area contributed by atoms with E-state index in [1.165, 1.54) is 0 Å². The number of hydrogen-bond donors (Lipinski definition) is 2. The van der Waals surface area contributed by atoms with Gasteiger partial charge < -0.3 is 5.11 Å². The number of rotatable bonds is 4. The highest BCUT2D eigenvalue weighted by Gasteiger charge is 2.59. The fourth-order valence-electron chi connectivity index (χ4n) is 5.43. The molecule has 1 aromatic rings. The van der Waals surface area contributed by atoms with Crippen LogP contribution in [0.3, 0.4) is 0 Å². The maximum Gasteiger partial charge on any atom is 0.252 e. The highest BCUT2D eigenvalue weighted by atomic mass is 16.3. The molecule has 172 valence electrons. The number of amides is 3. The molecule has 4 rings (SSSR count). The molecule has 4 unspecified atom stereocenters. The zero-order valence-electron chi connectivity index (χ0n) is 19.9. The zero-order chi connectivity index (χ0) is 23.6. The van der Waals surface area contributed by atoms with Gasteiger partial charge in [0.15, 0.2) is 0 Å². The fraction of sp³-hybridized carbons (Fsp3) is 0.577. The number of phenols is 1. The Kier molecular flexibility index (Phi) is 5.26. The topological polar surface area (TPSA) is 86.7 Å². The summed E-state index contributed by atoms with van der Waals surface area (Å²) in [6.45, 7) is 12.3. The Bertz CT molecular complexity index is 947. The van der Waals surface area contributed by atoms with Gasteiger partial charge in [-0.3, -0.25) is 19.8 Å². The number of hydrazine groups is 1. The average Bonchev–Trinajstić information content (AvgIpc) is 3.35. The third-order valence-electron chi connectivity index (χ3n) is 7.13. The SMILES string of the molecule is CC(C)(C)c1cc(CCC(=O)NN2C(=O)C3C4C=CC(C4)C3C2=O)cc(C(C)(C)C)c1O. The smallest absolute Gasteiger partial charge is 0.252 e. The molecule has 1 aliphatic heterocycles. The molecule has 2 bridgehead atoms. The van der Waals surface area contributed by atoms with Gasteiger partial charge in [-0.2, -0.15) is 5.01 Å². The maximum absolute atomic E-state index is 12.8. The Balaban J connectivity index is 1.47. The van der Waals surface area contributed by atoms with Crippen LogP contribution in [0.5, 0.6) is 5.75 Å². The second-order valence-corrected chi connectivity index (χ2v) is 11.6. The van der Waals surface area contributed by atoms with E-state index in [9.17, 15) is 19.5 Å². The highest BCUT2D eigenvalue weighted by molar-refractivity contribution is 6.07. The van der Waals surface area contributed by atoms with Crippen LogP contribution in [0, 0.1) is 23.7 Å². The molecule has 1 aromatic carbocycles. The molecule has 4 atom stereocenters. The number of aromatic hydroxyl groups is 1. The van der Waals surface area contributed by atoms with E-state index in [2.05, 4.69) is 47.0 Å². The van der Waals surface area contributed by atoms with E-state index in [0.717, 1.165) is 28.1 Å². The van der Waals surface area contributed by atoms with Gasteiger partial charge in [-0.05, 0) is 52.2 Å². The third-order valence-corrected chi connectivity index (χ3v) is 7.13. The summed E-state index contributed by atoms with van der Waals surface area (Å²) in [6, 6.07) is 3.91. The van der Waals surface area contributed by atoms with Gasteiger partial charge in [0.05, 0.1) is 11.8 Å². The largest absolute Gasteiger partial charge is 0.507 e. The van der Waals surface area contributed by atoms with E-state index < -0.39 is 0 Å². The lowest BCUT2D eigenvalue weighted by Gasteiger charge is -2.28. The van der Waals surface area contributed by atoms with Crippen LogP contribution < -0.4 is 5.43 Å². The quantitative estimate of drug-likeness (QED) is 0.554. The summed E-state index contributed by atoms with van der Waals surface area (Å²) in [6.07, 6.45) is 5.53. The molecule has 0 radical (unpaired) electrons. The van der Waals surface area contributed by atoms with Crippen molar-refractivity contribution in [3.8, 4) is 5.75 Å². The van der Waals surface area contributed by atoms with Crippen molar-refractivity contribution >= 4 is 17.7 Å². The number of carbonyl (C=O) groups excluding carboxylic acids is 3. The summed E-state index contributed by atoms with van der Waals surface area (Å²) >= 11 is 0. The van der Waals surface area contributed by atoms with Crippen LogP contribution in [0.25, 0.3) is 0 Å². The monoisotopic (exact) mass is 438 g/mol. The maximum atomic E-state index is 12.8. The van der Waals surface area contributed by atoms with Crippen molar-refractivity contribution in [3.05, 3.63) is 41.0 Å². The van der Waals surface area contributed by atoms with Crippen molar-refractivity contribution in [3.63, 3.8) is 0 Å². The van der Waals surface area contributed by atoms with Crippen LogP contribution >= 0.6 is 0 Å². The first-order valence-electron chi connectivity index (χ1n) is 11.5. The summed E-state index contributed by atoms with van der Waals surface area (Å²) in [7, 11) is 0. The van der Waals surface area contributed by atoms with Gasteiger partial charge in [-0.15, -0.1) is 0 Å². The second kappa shape index (κ2) is 7.46. The van der Waals surface area contributed by atoms with E-state index in [-0.39, 0.29) is 58.6 Å². The minimum absolute atomic E-state index is 0.118. The standard InChI is InChI=1S/C26H34N2O4/c1-25(2,3)17-11-14(12-18(22(17)30)26(4,5)6)7-10-19(29)27-28-23(31)20-15-8-9-16(13-15)21(20)24(28)32/h8-9,11-12,15-16,20-21,30H,7,10,13H2,1-6H3,(H,27,29). The fourth-order valence-corrected chi connectivity index (χ4v) is 5.43. The third kappa shape index (κ3) is 3.74. The van der Waals surface area contributed by atoms with Crippen LogP contribution in [0.1, 0.15) is 71.1 Å². The number of nitrogens with zero attached hydrogens (tertiary/aromatic N) is 1. The first-order chi connectivity index (χ1) is 14.8. The van der Waals surface area contributed by atoms with Crippen molar-refractivity contribution < 1.29 is 19.5 Å². The van der Waals surface area contributed by atoms with Gasteiger partial charge in [0.25, 0.3) is 11.8 Å². The van der Waals surface area contributed by atoms with Crippen LogP contribution in [0.15, 0.2) is 24.3 Å². The molecule has 2 fully saturated rings. The van der Waals surface area contributed by atoms with Gasteiger partial charge in [0.1, 0.15) is 5.75 Å². The van der Waals surface area contributed by atoms with Crippen LogP contribution in [0.4, 0.5) is 0 Å². The van der Waals surface area contributed by atoms with Crippen LogP contribution in [0.2, 0.25) is 0 Å². The number of benzene rings is 1. The number of fused-ring (bicyclic) bond motifs is 5. The van der Waals surface area contributed by atoms with E-state index in [0.29, 0.717) is 12.2 Å². The number of imide groups is 1. The van der Waals surface area contributed by atoms with E-state index in [1.807, 2.05) is 24.3 Å². The van der Waals surface area contributed by atoms with E-state index in [4.69, 9.17) is 0 Å². The minimum atomic E-state index is -0.352. The van der Waals surface area contributed by atoms with Crippen LogP contribution in [-0.2, 0) is 31.6 Å². The van der Waals surface area contributed by atoms with E-state index >= 15 is 0 Å². The van der Waals surface area contributed by atoms with Crippen molar-refractivity contribution in [1.29, 1.82) is 0 Å². The summed E-state index contributed by atoms with van der Waals surface area (Å²) in [4.78, 5) is 38.2. The Labute approximate surface area is 190 Å². The molecule has 1 saturated heterocycles. The molecule has 3 aliphatic rings. The molecule has 2 aliphatic carbocycles. The van der Waals surface area contributed by atoms with Gasteiger partial charge in [0.2, 0.25) is 5.91 Å². The molecule has 1 saturated carbocycles. The molecule has 2 N–H and O–H groups in total. The summed E-state index contributed by atoms with van der Waals surface area (Å²) in [5, 5.41) is 11.8. The molecular weight excluding hydrogens is 404 g/mol. The summed E-state index contributed by atoms with van der Waals surface area (Å²) < 4.78 is 0. The molecule has 0 spiro atoms. The summed E-state index contributed by atoms with van der Waals surface area (Å²) in [5.74, 6) is -1.01. The van der Waals surface area contributed by atoms with Gasteiger partial charge in [-0.1, -0.05) is 65.8 Å². The first-order valence-corrected chi connectivity index (χ1v) is 11.5. The second-order valence-electron chi connectivity index (χ2n) is 11.6. The van der Waals surface area contributed by atoms with Gasteiger partial charge in [0, 0.05) is 6.42 Å². The van der Waals surface area contributed by atoms with Crippen molar-refractivity contribution in [2.45, 2.75) is 71.6 Å². The Morgan fingerprint density at radius 1 is 0.969 bits per heavy atom. The Morgan fingerprint density at radius 3 is 1.88 bits per heavy atom. The molecule has 3 amide bonds.